The molecule has 2 amide bonds. The number of pyridine rings is 1. The van der Waals surface area contributed by atoms with Crippen molar-refractivity contribution in [2.24, 2.45) is 5.92 Å². The van der Waals surface area contributed by atoms with Crippen LogP contribution in [-0.2, 0) is 11.3 Å². The van der Waals surface area contributed by atoms with Crippen LogP contribution in [0, 0.1) is 5.92 Å². The Morgan fingerprint density at radius 2 is 1.73 bits per heavy atom. The normalized spacial score (nSPS) is 18.5. The summed E-state index contributed by atoms with van der Waals surface area (Å²) in [6, 6.07) is 13.2. The van der Waals surface area contributed by atoms with Crippen LogP contribution in [0.2, 0.25) is 15.1 Å². The molecule has 1 aromatic heterocycles. The molecule has 2 atom stereocenters. The fourth-order valence-corrected chi connectivity index (χ4v) is 5.17. The molecule has 1 aliphatic rings. The fourth-order valence-electron chi connectivity index (χ4n) is 3.60. The van der Waals surface area contributed by atoms with Crippen LogP contribution < -0.4 is 10.6 Å². The van der Waals surface area contributed by atoms with Crippen molar-refractivity contribution in [3.63, 3.8) is 0 Å². The first-order chi connectivity index (χ1) is 15.7. The van der Waals surface area contributed by atoms with Gasteiger partial charge >= 0.3 is 0 Å². The molecule has 2 N–H and O–H groups in total. The molecule has 170 valence electrons. The van der Waals surface area contributed by atoms with Gasteiger partial charge in [0, 0.05) is 40.6 Å². The Labute approximate surface area is 215 Å². The summed E-state index contributed by atoms with van der Waals surface area (Å²) in [5.74, 6) is -1.99. The Morgan fingerprint density at radius 1 is 1.00 bits per heavy atom. The Kier molecular flexibility index (Phi) is 7.08. The number of nitrogens with one attached hydrogen (secondary N) is 2. The molecule has 1 fully saturated rings. The van der Waals surface area contributed by atoms with E-state index in [0.717, 1.165) is 5.56 Å². The van der Waals surface area contributed by atoms with Gasteiger partial charge in [0.2, 0.25) is 5.91 Å². The number of alkyl halides is 2. The Morgan fingerprint density at radius 3 is 2.39 bits per heavy atom. The molecule has 0 spiro atoms. The van der Waals surface area contributed by atoms with E-state index in [0.29, 0.717) is 21.3 Å². The summed E-state index contributed by atoms with van der Waals surface area (Å²) in [7, 11) is 0. The quantitative estimate of drug-likeness (QED) is 0.349. The van der Waals surface area contributed by atoms with Gasteiger partial charge in [-0.25, -0.2) is 0 Å². The molecule has 33 heavy (non-hydrogen) atoms. The first-order valence-electron chi connectivity index (χ1n) is 9.78. The molecular weight excluding hydrogens is 528 g/mol. The molecule has 1 heterocycles. The molecule has 2 unspecified atom stereocenters. The summed E-state index contributed by atoms with van der Waals surface area (Å²) in [6.45, 7) is 0.284. The number of rotatable bonds is 6. The highest BCUT2D eigenvalue weighted by Gasteiger charge is 2.67. The number of anilines is 1. The van der Waals surface area contributed by atoms with Gasteiger partial charge in [0.1, 0.15) is 4.33 Å². The summed E-state index contributed by atoms with van der Waals surface area (Å²) in [6.07, 6.45) is 3.30. The summed E-state index contributed by atoms with van der Waals surface area (Å²) in [5, 5.41) is 6.64. The molecule has 0 saturated heterocycles. The van der Waals surface area contributed by atoms with Crippen LogP contribution >= 0.6 is 58.0 Å². The van der Waals surface area contributed by atoms with Crippen LogP contribution in [0.3, 0.4) is 0 Å². The highest BCUT2D eigenvalue weighted by atomic mass is 35.5. The van der Waals surface area contributed by atoms with Gasteiger partial charge in [-0.1, -0.05) is 40.9 Å². The molecule has 1 aliphatic carbocycles. The predicted molar refractivity (Wildman–Crippen MR) is 133 cm³/mol. The van der Waals surface area contributed by atoms with Gasteiger partial charge in [0.05, 0.1) is 16.5 Å². The minimum atomic E-state index is -1.31. The SMILES string of the molecule is O=C(NCc1cccnc1)c1cc(NC(=O)C2C(c3cc(Cl)cc(Cl)c3)C2(Cl)Cl)ccc1Cl. The second-order valence-corrected chi connectivity index (χ2v) is 10.3. The van der Waals surface area contributed by atoms with E-state index in [1.165, 1.54) is 12.1 Å². The zero-order valence-electron chi connectivity index (χ0n) is 16.8. The average Bonchev–Trinajstić information content (AvgIpc) is 3.35. The van der Waals surface area contributed by atoms with Crippen molar-refractivity contribution in [3.05, 3.63) is 92.7 Å². The minimum Gasteiger partial charge on any atom is -0.348 e. The molecule has 4 rings (SSSR count). The monoisotopic (exact) mass is 541 g/mol. The fraction of sp³-hybridized carbons (Fsp3) is 0.174. The average molecular weight is 544 g/mol. The third-order valence-electron chi connectivity index (χ3n) is 5.23. The minimum absolute atomic E-state index is 0.218. The van der Waals surface area contributed by atoms with Crippen molar-refractivity contribution in [2.75, 3.05) is 5.32 Å². The highest BCUT2D eigenvalue weighted by molar-refractivity contribution is 6.53. The molecule has 1 saturated carbocycles. The van der Waals surface area contributed by atoms with E-state index in [9.17, 15) is 9.59 Å². The third kappa shape index (κ3) is 5.39. The lowest BCUT2D eigenvalue weighted by Crippen LogP contribution is -2.23. The lowest BCUT2D eigenvalue weighted by Gasteiger charge is -2.10. The number of hydrogen-bond acceptors (Lipinski definition) is 3. The topological polar surface area (TPSA) is 71.1 Å². The van der Waals surface area contributed by atoms with Crippen molar-refractivity contribution < 1.29 is 9.59 Å². The first-order valence-corrected chi connectivity index (χ1v) is 11.7. The number of carbonyl (C=O) groups is 2. The van der Waals surface area contributed by atoms with Crippen molar-refractivity contribution >= 4 is 75.5 Å². The van der Waals surface area contributed by atoms with Gasteiger partial charge in [-0.05, 0) is 53.6 Å². The van der Waals surface area contributed by atoms with Gasteiger partial charge < -0.3 is 10.6 Å². The Bertz CT molecular complexity index is 1200. The van der Waals surface area contributed by atoms with E-state index in [1.54, 1.807) is 42.7 Å². The first kappa shape index (κ1) is 24.1. The van der Waals surface area contributed by atoms with Crippen LogP contribution in [0.1, 0.15) is 27.4 Å². The van der Waals surface area contributed by atoms with Crippen molar-refractivity contribution in [2.45, 2.75) is 16.8 Å². The second kappa shape index (κ2) is 9.69. The lowest BCUT2D eigenvalue weighted by atomic mass is 10.1. The maximum atomic E-state index is 12.9. The van der Waals surface area contributed by atoms with Crippen LogP contribution in [0.15, 0.2) is 60.9 Å². The Hall–Kier alpha value is -2.02. The van der Waals surface area contributed by atoms with Gasteiger partial charge in [-0.2, -0.15) is 0 Å². The molecule has 0 aliphatic heterocycles. The smallest absolute Gasteiger partial charge is 0.253 e. The maximum absolute atomic E-state index is 12.9. The summed E-state index contributed by atoms with van der Waals surface area (Å²) in [4.78, 5) is 29.6. The number of halogens is 5. The van der Waals surface area contributed by atoms with Crippen LogP contribution in [0.25, 0.3) is 0 Å². The number of carbonyl (C=O) groups excluding carboxylic acids is 2. The molecular formula is C23H16Cl5N3O2. The largest absolute Gasteiger partial charge is 0.348 e. The molecule has 2 aromatic carbocycles. The van der Waals surface area contributed by atoms with Gasteiger partial charge in [-0.3, -0.25) is 14.6 Å². The molecule has 3 aromatic rings. The number of hydrogen-bond donors (Lipinski definition) is 2. The van der Waals surface area contributed by atoms with E-state index in [2.05, 4.69) is 15.6 Å². The predicted octanol–water partition coefficient (Wildman–Crippen LogP) is 6.50. The van der Waals surface area contributed by atoms with E-state index >= 15 is 0 Å². The zero-order chi connectivity index (χ0) is 23.8. The van der Waals surface area contributed by atoms with E-state index in [4.69, 9.17) is 58.0 Å². The van der Waals surface area contributed by atoms with Gasteiger partial charge in [0.15, 0.2) is 0 Å². The van der Waals surface area contributed by atoms with Crippen molar-refractivity contribution in [3.8, 4) is 0 Å². The van der Waals surface area contributed by atoms with Crippen LogP contribution in [0.4, 0.5) is 5.69 Å². The maximum Gasteiger partial charge on any atom is 0.253 e. The highest BCUT2D eigenvalue weighted by Crippen LogP contribution is 2.65. The molecule has 10 heteroatoms. The summed E-state index contributed by atoms with van der Waals surface area (Å²) < 4.78 is -1.31. The Balaban J connectivity index is 1.46. The summed E-state index contributed by atoms with van der Waals surface area (Å²) in [5.41, 5.74) is 2.11. The number of nitrogens with zero attached hydrogens (tertiary/aromatic N) is 1. The zero-order valence-corrected chi connectivity index (χ0v) is 20.6. The second-order valence-electron chi connectivity index (χ2n) is 7.56. The van der Waals surface area contributed by atoms with Crippen LogP contribution in [0.5, 0.6) is 0 Å². The molecule has 5 nitrogen and oxygen atoms in total. The molecule has 0 bridgehead atoms. The summed E-state index contributed by atoms with van der Waals surface area (Å²) >= 11 is 31.2. The number of aromatic nitrogens is 1. The number of amides is 2. The van der Waals surface area contributed by atoms with Gasteiger partial charge in [-0.15, -0.1) is 23.2 Å². The third-order valence-corrected chi connectivity index (χ3v) is 6.94. The number of benzene rings is 2. The van der Waals surface area contributed by atoms with Crippen molar-refractivity contribution in [1.82, 2.24) is 10.3 Å². The van der Waals surface area contributed by atoms with Crippen LogP contribution in [-0.4, -0.2) is 21.1 Å². The van der Waals surface area contributed by atoms with E-state index in [-0.39, 0.29) is 23.0 Å². The lowest BCUT2D eigenvalue weighted by molar-refractivity contribution is -0.117. The molecule has 0 radical (unpaired) electrons. The standard InChI is InChI=1S/C23H16Cl5N3O2/c24-14-6-13(7-15(25)8-14)19-20(23(19,27)28)22(33)31-16-3-4-18(26)17(9-16)21(32)30-11-12-2-1-5-29-10-12/h1-10,19-20H,11H2,(H,30,32)(H,31,33). The van der Waals surface area contributed by atoms with E-state index < -0.39 is 22.1 Å². The van der Waals surface area contributed by atoms with E-state index in [1.807, 2.05) is 6.07 Å². The van der Waals surface area contributed by atoms with Crippen molar-refractivity contribution in [1.29, 1.82) is 0 Å². The van der Waals surface area contributed by atoms with Gasteiger partial charge in [0.25, 0.3) is 5.91 Å².